The molecule has 0 saturated heterocycles. The van der Waals surface area contributed by atoms with Gasteiger partial charge in [-0.05, 0) is 13.3 Å². The molecule has 1 aromatic rings. The van der Waals surface area contributed by atoms with Crippen LogP contribution in [0.2, 0.25) is 0 Å². The van der Waals surface area contributed by atoms with Crippen molar-refractivity contribution < 1.29 is 0 Å². The lowest BCUT2D eigenvalue weighted by atomic mass is 10.2. The summed E-state index contributed by atoms with van der Waals surface area (Å²) >= 11 is 0. The van der Waals surface area contributed by atoms with Crippen LogP contribution in [-0.4, -0.2) is 29.1 Å². The molecule has 1 unspecified atom stereocenters. The summed E-state index contributed by atoms with van der Waals surface area (Å²) in [6.45, 7) is 7.12. The fourth-order valence-electron chi connectivity index (χ4n) is 1.16. The predicted octanol–water partition coefficient (Wildman–Crippen LogP) is 1.22. The highest BCUT2D eigenvalue weighted by molar-refractivity contribution is 5.46. The van der Waals surface area contributed by atoms with E-state index in [9.17, 15) is 0 Å². The summed E-state index contributed by atoms with van der Waals surface area (Å²) in [5.41, 5.74) is 5.66. The first-order valence-corrected chi connectivity index (χ1v) is 5.38. The minimum atomic E-state index is 0.202. The third-order valence-electron chi connectivity index (χ3n) is 2.00. The van der Waals surface area contributed by atoms with E-state index in [1.807, 2.05) is 13.0 Å². The fraction of sp³-hybridized carbons (Fsp3) is 0.455. The molecule has 88 valence electrons. The van der Waals surface area contributed by atoms with Gasteiger partial charge in [0, 0.05) is 25.2 Å². The molecule has 0 bridgehead atoms. The van der Waals surface area contributed by atoms with Gasteiger partial charge in [-0.25, -0.2) is 9.97 Å². The van der Waals surface area contributed by atoms with Gasteiger partial charge in [0.15, 0.2) is 0 Å². The molecular formula is C11H19N5. The average Bonchev–Trinajstić information content (AvgIpc) is 2.26. The highest BCUT2D eigenvalue weighted by Crippen LogP contribution is 2.08. The Morgan fingerprint density at radius 1 is 1.44 bits per heavy atom. The largest absolute Gasteiger partial charge is 0.370 e. The molecule has 5 nitrogen and oxygen atoms in total. The van der Waals surface area contributed by atoms with Gasteiger partial charge in [0.25, 0.3) is 0 Å². The SMILES string of the molecule is C=CCNc1cc(NCCC(C)N)ncn1. The zero-order valence-electron chi connectivity index (χ0n) is 9.61. The van der Waals surface area contributed by atoms with Crippen LogP contribution in [0.25, 0.3) is 0 Å². The third-order valence-corrected chi connectivity index (χ3v) is 2.00. The first kappa shape index (κ1) is 12.4. The smallest absolute Gasteiger partial charge is 0.131 e. The molecule has 0 saturated carbocycles. The van der Waals surface area contributed by atoms with Crippen molar-refractivity contribution in [2.75, 3.05) is 23.7 Å². The summed E-state index contributed by atoms with van der Waals surface area (Å²) in [5, 5.41) is 6.30. The first-order valence-electron chi connectivity index (χ1n) is 5.38. The van der Waals surface area contributed by atoms with Crippen LogP contribution < -0.4 is 16.4 Å². The molecule has 0 aromatic carbocycles. The monoisotopic (exact) mass is 221 g/mol. The second-order valence-corrected chi connectivity index (χ2v) is 3.65. The van der Waals surface area contributed by atoms with E-state index >= 15 is 0 Å². The van der Waals surface area contributed by atoms with Gasteiger partial charge in [-0.2, -0.15) is 0 Å². The Balaban J connectivity index is 2.43. The van der Waals surface area contributed by atoms with Crippen molar-refractivity contribution in [2.24, 2.45) is 5.73 Å². The van der Waals surface area contributed by atoms with E-state index in [1.54, 1.807) is 6.08 Å². The summed E-state index contributed by atoms with van der Waals surface area (Å²) in [7, 11) is 0. The van der Waals surface area contributed by atoms with Gasteiger partial charge in [-0.1, -0.05) is 6.08 Å². The molecule has 1 rings (SSSR count). The van der Waals surface area contributed by atoms with Crippen LogP contribution >= 0.6 is 0 Å². The van der Waals surface area contributed by atoms with E-state index in [1.165, 1.54) is 6.33 Å². The quantitative estimate of drug-likeness (QED) is 0.604. The van der Waals surface area contributed by atoms with Gasteiger partial charge >= 0.3 is 0 Å². The lowest BCUT2D eigenvalue weighted by Gasteiger charge is -2.08. The molecule has 0 aliphatic heterocycles. The number of hydrogen-bond donors (Lipinski definition) is 3. The number of hydrogen-bond acceptors (Lipinski definition) is 5. The summed E-state index contributed by atoms with van der Waals surface area (Å²) in [6, 6.07) is 2.07. The predicted molar refractivity (Wildman–Crippen MR) is 67.5 cm³/mol. The molecule has 0 spiro atoms. The van der Waals surface area contributed by atoms with Crippen LogP contribution in [0.1, 0.15) is 13.3 Å². The van der Waals surface area contributed by atoms with Crippen molar-refractivity contribution in [1.29, 1.82) is 0 Å². The van der Waals surface area contributed by atoms with Crippen molar-refractivity contribution in [3.05, 3.63) is 25.0 Å². The number of nitrogens with one attached hydrogen (secondary N) is 2. The topological polar surface area (TPSA) is 75.9 Å². The van der Waals surface area contributed by atoms with Crippen LogP contribution in [-0.2, 0) is 0 Å². The Morgan fingerprint density at radius 3 is 2.75 bits per heavy atom. The maximum Gasteiger partial charge on any atom is 0.131 e. The van der Waals surface area contributed by atoms with Gasteiger partial charge in [0.1, 0.15) is 18.0 Å². The lowest BCUT2D eigenvalue weighted by molar-refractivity contribution is 0.689. The lowest BCUT2D eigenvalue weighted by Crippen LogP contribution is -2.19. The number of nitrogens with two attached hydrogens (primary N) is 1. The Kier molecular flexibility index (Phi) is 5.28. The molecule has 1 aromatic heterocycles. The molecule has 5 heteroatoms. The van der Waals surface area contributed by atoms with Crippen LogP contribution in [0.4, 0.5) is 11.6 Å². The highest BCUT2D eigenvalue weighted by Gasteiger charge is 1.98. The molecule has 1 atom stereocenters. The number of nitrogens with zero attached hydrogens (tertiary/aromatic N) is 2. The minimum Gasteiger partial charge on any atom is -0.370 e. The van der Waals surface area contributed by atoms with Crippen molar-refractivity contribution in [3.63, 3.8) is 0 Å². The van der Waals surface area contributed by atoms with E-state index in [0.29, 0.717) is 6.54 Å². The van der Waals surface area contributed by atoms with Gasteiger partial charge in [0.05, 0.1) is 0 Å². The summed E-state index contributed by atoms with van der Waals surface area (Å²) in [6.07, 6.45) is 4.23. The van der Waals surface area contributed by atoms with Crippen LogP contribution in [0.5, 0.6) is 0 Å². The van der Waals surface area contributed by atoms with Crippen molar-refractivity contribution in [1.82, 2.24) is 9.97 Å². The van der Waals surface area contributed by atoms with Crippen molar-refractivity contribution in [3.8, 4) is 0 Å². The molecule has 0 fully saturated rings. The number of anilines is 2. The van der Waals surface area contributed by atoms with Crippen LogP contribution in [0.3, 0.4) is 0 Å². The van der Waals surface area contributed by atoms with Gasteiger partial charge < -0.3 is 16.4 Å². The van der Waals surface area contributed by atoms with Gasteiger partial charge in [-0.15, -0.1) is 6.58 Å². The Morgan fingerprint density at radius 2 is 2.12 bits per heavy atom. The summed E-state index contributed by atoms with van der Waals surface area (Å²) in [4.78, 5) is 8.20. The van der Waals surface area contributed by atoms with E-state index < -0.39 is 0 Å². The maximum absolute atomic E-state index is 5.66. The zero-order chi connectivity index (χ0) is 11.8. The third kappa shape index (κ3) is 4.75. The second kappa shape index (κ2) is 6.79. The maximum atomic E-state index is 5.66. The van der Waals surface area contributed by atoms with E-state index in [-0.39, 0.29) is 6.04 Å². The average molecular weight is 221 g/mol. The van der Waals surface area contributed by atoms with E-state index in [2.05, 4.69) is 27.2 Å². The van der Waals surface area contributed by atoms with Gasteiger partial charge in [0.2, 0.25) is 0 Å². The van der Waals surface area contributed by atoms with Gasteiger partial charge in [-0.3, -0.25) is 0 Å². The van der Waals surface area contributed by atoms with Crippen LogP contribution in [0.15, 0.2) is 25.0 Å². The molecule has 1 heterocycles. The Labute approximate surface area is 96.2 Å². The number of aromatic nitrogens is 2. The second-order valence-electron chi connectivity index (χ2n) is 3.65. The Hall–Kier alpha value is -1.62. The molecule has 0 amide bonds. The van der Waals surface area contributed by atoms with Crippen molar-refractivity contribution >= 4 is 11.6 Å². The molecule has 0 radical (unpaired) electrons. The number of rotatable bonds is 7. The first-order chi connectivity index (χ1) is 7.72. The minimum absolute atomic E-state index is 0.202. The normalized spacial score (nSPS) is 11.9. The molecule has 4 N–H and O–H groups in total. The van der Waals surface area contributed by atoms with Crippen molar-refractivity contribution in [2.45, 2.75) is 19.4 Å². The fourth-order valence-corrected chi connectivity index (χ4v) is 1.16. The molecule has 0 aliphatic rings. The summed E-state index contributed by atoms with van der Waals surface area (Å²) < 4.78 is 0. The highest BCUT2D eigenvalue weighted by atomic mass is 15.1. The molecular weight excluding hydrogens is 202 g/mol. The Bertz CT molecular complexity index is 324. The van der Waals surface area contributed by atoms with Crippen LogP contribution in [0, 0.1) is 0 Å². The van der Waals surface area contributed by atoms with E-state index in [4.69, 9.17) is 5.73 Å². The summed E-state index contributed by atoms with van der Waals surface area (Å²) in [5.74, 6) is 1.60. The van der Waals surface area contributed by atoms with E-state index in [0.717, 1.165) is 24.6 Å². The zero-order valence-corrected chi connectivity index (χ0v) is 9.61. The molecule has 16 heavy (non-hydrogen) atoms. The standard InChI is InChI=1S/C11H19N5/c1-3-5-13-10-7-11(16-8-15-10)14-6-4-9(2)12/h3,7-9H,1,4-6,12H2,2H3,(H2,13,14,15,16). The molecule has 0 aliphatic carbocycles.